The molecule has 100 valence electrons. The third-order valence-corrected chi connectivity index (χ3v) is 2.97. The first kappa shape index (κ1) is 12.3. The fraction of sp³-hybridized carbons (Fsp3) is 0.133. The van der Waals surface area contributed by atoms with Crippen LogP contribution in [0.3, 0.4) is 0 Å². The summed E-state index contributed by atoms with van der Waals surface area (Å²) in [6, 6.07) is 10.5. The molecular formula is C15H13N3O2. The summed E-state index contributed by atoms with van der Waals surface area (Å²) < 4.78 is 5.63. The largest absolute Gasteiger partial charge is 0.438 e. The summed E-state index contributed by atoms with van der Waals surface area (Å²) in [7, 11) is 0. The molecule has 1 amide bonds. The van der Waals surface area contributed by atoms with Gasteiger partial charge in [0.2, 0.25) is 5.89 Å². The first-order valence-corrected chi connectivity index (χ1v) is 6.30. The highest BCUT2D eigenvalue weighted by molar-refractivity contribution is 5.94. The van der Waals surface area contributed by atoms with E-state index in [1.807, 2.05) is 31.2 Å². The van der Waals surface area contributed by atoms with E-state index in [0.29, 0.717) is 17.0 Å². The van der Waals surface area contributed by atoms with Crippen LogP contribution in [0.25, 0.3) is 11.1 Å². The van der Waals surface area contributed by atoms with Crippen LogP contribution in [0.5, 0.6) is 0 Å². The van der Waals surface area contributed by atoms with Gasteiger partial charge in [0, 0.05) is 18.0 Å². The van der Waals surface area contributed by atoms with Crippen LogP contribution < -0.4 is 5.32 Å². The molecule has 0 aliphatic carbocycles. The number of carbonyl (C=O) groups is 1. The topological polar surface area (TPSA) is 68.0 Å². The maximum atomic E-state index is 12.0. The van der Waals surface area contributed by atoms with Crippen molar-refractivity contribution in [3.05, 3.63) is 60.2 Å². The van der Waals surface area contributed by atoms with Gasteiger partial charge in [0.25, 0.3) is 5.91 Å². The predicted molar refractivity (Wildman–Crippen MR) is 74.1 cm³/mol. The molecule has 1 aromatic carbocycles. The van der Waals surface area contributed by atoms with Crippen molar-refractivity contribution in [3.63, 3.8) is 0 Å². The van der Waals surface area contributed by atoms with Gasteiger partial charge in [-0.15, -0.1) is 0 Å². The van der Waals surface area contributed by atoms with Gasteiger partial charge in [0.05, 0.1) is 0 Å². The maximum absolute atomic E-state index is 12.0. The summed E-state index contributed by atoms with van der Waals surface area (Å²) in [5.74, 6) is 0.316. The number of pyridine rings is 1. The molecule has 20 heavy (non-hydrogen) atoms. The van der Waals surface area contributed by atoms with Gasteiger partial charge < -0.3 is 9.73 Å². The van der Waals surface area contributed by atoms with Gasteiger partial charge in [0.15, 0.2) is 5.58 Å². The standard InChI is InChI=1S/C15H13N3O2/c1-10(17-14(19)11-6-8-16-9-7-11)15-18-12-4-2-3-5-13(12)20-15/h2-10H,1H3,(H,17,19). The van der Waals surface area contributed by atoms with Crippen molar-refractivity contribution in [2.75, 3.05) is 0 Å². The highest BCUT2D eigenvalue weighted by atomic mass is 16.3. The molecule has 0 radical (unpaired) electrons. The van der Waals surface area contributed by atoms with E-state index >= 15 is 0 Å². The minimum atomic E-state index is -0.303. The number of aromatic nitrogens is 2. The zero-order valence-electron chi connectivity index (χ0n) is 10.9. The minimum Gasteiger partial charge on any atom is -0.438 e. The lowest BCUT2D eigenvalue weighted by Crippen LogP contribution is -2.26. The molecule has 1 unspecified atom stereocenters. The average molecular weight is 267 g/mol. The van der Waals surface area contributed by atoms with Crippen LogP contribution in [-0.2, 0) is 0 Å². The van der Waals surface area contributed by atoms with Gasteiger partial charge in [-0.05, 0) is 31.2 Å². The van der Waals surface area contributed by atoms with Crippen LogP contribution >= 0.6 is 0 Å². The number of carbonyl (C=O) groups excluding carboxylic acids is 1. The number of amides is 1. The Kier molecular flexibility index (Phi) is 3.16. The van der Waals surface area contributed by atoms with Crippen molar-refractivity contribution in [2.45, 2.75) is 13.0 Å². The second-order valence-electron chi connectivity index (χ2n) is 4.45. The van der Waals surface area contributed by atoms with E-state index in [-0.39, 0.29) is 11.9 Å². The molecule has 0 aliphatic heterocycles. The number of nitrogens with zero attached hydrogens (tertiary/aromatic N) is 2. The van der Waals surface area contributed by atoms with E-state index in [1.165, 1.54) is 0 Å². The lowest BCUT2D eigenvalue weighted by molar-refractivity contribution is 0.0934. The molecule has 5 nitrogen and oxygen atoms in total. The van der Waals surface area contributed by atoms with Crippen molar-refractivity contribution < 1.29 is 9.21 Å². The first-order valence-electron chi connectivity index (χ1n) is 6.30. The quantitative estimate of drug-likeness (QED) is 0.792. The molecule has 0 saturated heterocycles. The second kappa shape index (κ2) is 5.13. The highest BCUT2D eigenvalue weighted by Gasteiger charge is 2.16. The Hall–Kier alpha value is -2.69. The molecule has 2 heterocycles. The number of hydrogen-bond donors (Lipinski definition) is 1. The van der Waals surface area contributed by atoms with Crippen molar-refractivity contribution in [1.29, 1.82) is 0 Å². The molecule has 0 spiro atoms. The molecule has 0 saturated carbocycles. The fourth-order valence-electron chi connectivity index (χ4n) is 1.92. The van der Waals surface area contributed by atoms with E-state index < -0.39 is 0 Å². The summed E-state index contributed by atoms with van der Waals surface area (Å²) in [5.41, 5.74) is 2.06. The number of fused-ring (bicyclic) bond motifs is 1. The summed E-state index contributed by atoms with van der Waals surface area (Å²) >= 11 is 0. The van der Waals surface area contributed by atoms with Crippen molar-refractivity contribution in [3.8, 4) is 0 Å². The van der Waals surface area contributed by atoms with E-state index in [1.54, 1.807) is 24.5 Å². The van der Waals surface area contributed by atoms with Crippen LogP contribution in [0.4, 0.5) is 0 Å². The number of rotatable bonds is 3. The molecule has 0 aliphatic rings. The van der Waals surface area contributed by atoms with Crippen LogP contribution in [-0.4, -0.2) is 15.9 Å². The normalized spacial score (nSPS) is 12.2. The molecule has 3 rings (SSSR count). The van der Waals surface area contributed by atoms with Gasteiger partial charge in [0.1, 0.15) is 11.6 Å². The van der Waals surface area contributed by atoms with E-state index in [2.05, 4.69) is 15.3 Å². The molecule has 1 N–H and O–H groups in total. The maximum Gasteiger partial charge on any atom is 0.252 e. The van der Waals surface area contributed by atoms with Crippen molar-refractivity contribution in [1.82, 2.24) is 15.3 Å². The Morgan fingerprint density at radius 2 is 1.95 bits per heavy atom. The van der Waals surface area contributed by atoms with Crippen LogP contribution in [0.2, 0.25) is 0 Å². The van der Waals surface area contributed by atoms with Gasteiger partial charge >= 0.3 is 0 Å². The molecule has 3 aromatic rings. The number of benzene rings is 1. The Morgan fingerprint density at radius 1 is 1.20 bits per heavy atom. The Bertz CT molecular complexity index is 704. The Labute approximate surface area is 115 Å². The lowest BCUT2D eigenvalue weighted by atomic mass is 10.2. The Morgan fingerprint density at radius 3 is 2.70 bits per heavy atom. The summed E-state index contributed by atoms with van der Waals surface area (Å²) in [6.45, 7) is 1.84. The number of oxazole rings is 1. The molecule has 1 atom stereocenters. The van der Waals surface area contributed by atoms with Gasteiger partial charge in [-0.25, -0.2) is 4.98 Å². The third-order valence-electron chi connectivity index (χ3n) is 2.97. The first-order chi connectivity index (χ1) is 9.74. The lowest BCUT2D eigenvalue weighted by Gasteiger charge is -2.09. The monoisotopic (exact) mass is 267 g/mol. The minimum absolute atomic E-state index is 0.179. The van der Waals surface area contributed by atoms with Crippen LogP contribution in [0.15, 0.2) is 53.2 Å². The van der Waals surface area contributed by atoms with E-state index in [9.17, 15) is 4.79 Å². The van der Waals surface area contributed by atoms with Crippen LogP contribution in [0, 0.1) is 0 Å². The predicted octanol–water partition coefficient (Wildman–Crippen LogP) is 2.71. The number of para-hydroxylation sites is 2. The zero-order chi connectivity index (χ0) is 13.9. The Balaban J connectivity index is 1.79. The summed E-state index contributed by atoms with van der Waals surface area (Å²) in [4.78, 5) is 20.3. The molecular weight excluding hydrogens is 254 g/mol. The SMILES string of the molecule is CC(NC(=O)c1ccncc1)c1nc2ccccc2o1. The van der Waals surface area contributed by atoms with Gasteiger partial charge in [-0.2, -0.15) is 0 Å². The second-order valence-corrected chi connectivity index (χ2v) is 4.45. The van der Waals surface area contributed by atoms with Crippen LogP contribution in [0.1, 0.15) is 29.2 Å². The number of nitrogens with one attached hydrogen (secondary N) is 1. The smallest absolute Gasteiger partial charge is 0.252 e. The molecule has 5 heteroatoms. The fourth-order valence-corrected chi connectivity index (χ4v) is 1.92. The highest BCUT2D eigenvalue weighted by Crippen LogP contribution is 2.19. The zero-order valence-corrected chi connectivity index (χ0v) is 10.9. The van der Waals surface area contributed by atoms with Crippen molar-refractivity contribution >= 4 is 17.0 Å². The third kappa shape index (κ3) is 2.38. The summed E-state index contributed by atoms with van der Waals surface area (Å²) in [5, 5.41) is 2.85. The molecule has 2 aromatic heterocycles. The molecule has 0 bridgehead atoms. The van der Waals surface area contributed by atoms with Crippen molar-refractivity contribution in [2.24, 2.45) is 0 Å². The van der Waals surface area contributed by atoms with Gasteiger partial charge in [-0.3, -0.25) is 9.78 Å². The van der Waals surface area contributed by atoms with E-state index in [0.717, 1.165) is 5.52 Å². The molecule has 0 fully saturated rings. The van der Waals surface area contributed by atoms with Gasteiger partial charge in [-0.1, -0.05) is 12.1 Å². The van der Waals surface area contributed by atoms with E-state index in [4.69, 9.17) is 4.42 Å². The summed E-state index contributed by atoms with van der Waals surface area (Å²) in [6.07, 6.45) is 3.16. The number of hydrogen-bond acceptors (Lipinski definition) is 4. The average Bonchev–Trinajstić information content (AvgIpc) is 2.92.